The molecule has 3 aromatic rings. The molecule has 1 amide bonds. The van der Waals surface area contributed by atoms with Crippen LogP contribution < -0.4 is 15.1 Å². The third-order valence-corrected chi connectivity index (χ3v) is 5.78. The molecular formula is C26H30N4O2. The Morgan fingerprint density at radius 1 is 1.06 bits per heavy atom. The number of carbonyl (C=O) groups is 1. The van der Waals surface area contributed by atoms with Gasteiger partial charge in [0.1, 0.15) is 5.82 Å². The van der Waals surface area contributed by atoms with Crippen molar-refractivity contribution < 1.29 is 9.53 Å². The summed E-state index contributed by atoms with van der Waals surface area (Å²) in [5, 5.41) is 3.21. The predicted octanol–water partition coefficient (Wildman–Crippen LogP) is 4.05. The third kappa shape index (κ3) is 4.98. The smallest absolute Gasteiger partial charge is 0.262 e. The molecule has 0 saturated heterocycles. The van der Waals surface area contributed by atoms with E-state index in [4.69, 9.17) is 4.74 Å². The number of amides is 1. The average Bonchev–Trinajstić information content (AvgIpc) is 2.96. The van der Waals surface area contributed by atoms with Gasteiger partial charge in [-0.3, -0.25) is 4.79 Å². The third-order valence-electron chi connectivity index (χ3n) is 5.78. The summed E-state index contributed by atoms with van der Waals surface area (Å²) in [6, 6.07) is 22.1. The summed E-state index contributed by atoms with van der Waals surface area (Å²) in [5.41, 5.74) is 3.73. The minimum absolute atomic E-state index is 0.0127. The van der Waals surface area contributed by atoms with Crippen LogP contribution >= 0.6 is 0 Å². The number of benzene rings is 2. The molecule has 0 radical (unpaired) electrons. The molecule has 2 heterocycles. The van der Waals surface area contributed by atoms with Gasteiger partial charge >= 0.3 is 0 Å². The summed E-state index contributed by atoms with van der Waals surface area (Å²) in [6.45, 7) is 2.68. The van der Waals surface area contributed by atoms with Gasteiger partial charge in [-0.1, -0.05) is 42.5 Å². The number of anilines is 2. The van der Waals surface area contributed by atoms with E-state index in [-0.39, 0.29) is 12.0 Å². The number of nitrogens with zero attached hydrogens (tertiary/aromatic N) is 3. The zero-order chi connectivity index (χ0) is 22.3. The lowest BCUT2D eigenvalue weighted by atomic mass is 10.1. The Morgan fingerprint density at radius 3 is 2.72 bits per heavy atom. The van der Waals surface area contributed by atoms with E-state index in [9.17, 15) is 4.79 Å². The number of fused-ring (bicyclic) bond motifs is 1. The van der Waals surface area contributed by atoms with Crippen molar-refractivity contribution in [3.8, 4) is 0 Å². The first-order chi connectivity index (χ1) is 15.7. The van der Waals surface area contributed by atoms with Gasteiger partial charge in [0.25, 0.3) is 5.91 Å². The minimum atomic E-state index is -0.0216. The van der Waals surface area contributed by atoms with Crippen molar-refractivity contribution in [1.29, 1.82) is 0 Å². The molecule has 1 unspecified atom stereocenters. The molecule has 0 aliphatic carbocycles. The quantitative estimate of drug-likeness (QED) is 0.584. The first-order valence-electron chi connectivity index (χ1n) is 11.1. The van der Waals surface area contributed by atoms with E-state index in [1.54, 1.807) is 6.20 Å². The van der Waals surface area contributed by atoms with Crippen LogP contribution in [0.5, 0.6) is 0 Å². The van der Waals surface area contributed by atoms with Gasteiger partial charge < -0.3 is 19.9 Å². The highest BCUT2D eigenvalue weighted by Crippen LogP contribution is 2.27. The van der Waals surface area contributed by atoms with E-state index in [1.165, 1.54) is 5.56 Å². The Morgan fingerprint density at radius 2 is 1.91 bits per heavy atom. The second-order valence-corrected chi connectivity index (χ2v) is 8.03. The second kappa shape index (κ2) is 10.4. The number of hydrogen-bond acceptors (Lipinski definition) is 5. The maximum absolute atomic E-state index is 13.3. The maximum atomic E-state index is 13.3. The predicted molar refractivity (Wildman–Crippen MR) is 128 cm³/mol. The molecule has 1 aromatic heterocycles. The van der Waals surface area contributed by atoms with Crippen LogP contribution in [-0.2, 0) is 11.3 Å². The molecule has 32 heavy (non-hydrogen) atoms. The fraction of sp³-hybridized carbons (Fsp3) is 0.308. The summed E-state index contributed by atoms with van der Waals surface area (Å²) >= 11 is 0. The van der Waals surface area contributed by atoms with Crippen molar-refractivity contribution in [1.82, 2.24) is 10.3 Å². The highest BCUT2D eigenvalue weighted by atomic mass is 16.5. The molecule has 1 atom stereocenters. The molecule has 0 spiro atoms. The van der Waals surface area contributed by atoms with Crippen LogP contribution in [0.3, 0.4) is 0 Å². The minimum Gasteiger partial charge on any atom is -0.369 e. The van der Waals surface area contributed by atoms with E-state index < -0.39 is 0 Å². The molecule has 4 rings (SSSR count). The number of carbonyl (C=O) groups excluding carboxylic acids is 1. The molecule has 166 valence electrons. The van der Waals surface area contributed by atoms with E-state index in [2.05, 4.69) is 28.5 Å². The Hall–Kier alpha value is -3.22. The number of hydrogen-bond donors (Lipinski definition) is 1. The molecule has 1 aliphatic rings. The van der Waals surface area contributed by atoms with Gasteiger partial charge in [-0.2, -0.15) is 0 Å². The molecule has 1 aliphatic heterocycles. The summed E-state index contributed by atoms with van der Waals surface area (Å²) in [6.07, 6.45) is 2.63. The van der Waals surface area contributed by atoms with Crippen LogP contribution in [0.15, 0.2) is 72.9 Å². The van der Waals surface area contributed by atoms with Crippen molar-refractivity contribution in [3.05, 3.63) is 89.6 Å². The summed E-state index contributed by atoms with van der Waals surface area (Å²) in [5.74, 6) is 0.710. The van der Waals surface area contributed by atoms with Crippen LogP contribution in [0.2, 0.25) is 0 Å². The molecule has 0 bridgehead atoms. The molecular weight excluding hydrogens is 400 g/mol. The van der Waals surface area contributed by atoms with Crippen LogP contribution in [0, 0.1) is 0 Å². The molecule has 2 aromatic carbocycles. The maximum Gasteiger partial charge on any atom is 0.262 e. The molecule has 0 fully saturated rings. The van der Waals surface area contributed by atoms with Gasteiger partial charge in [-0.15, -0.1) is 0 Å². The standard InChI is InChI=1S/C26H30N4O2/c1-27-15-13-24(21-9-4-3-5-10-21)32-19-20-8-6-11-22(18-20)30-17-16-29(2)25-23(26(30)31)12-7-14-28-25/h3-12,14,18,24,27H,13,15-17,19H2,1-2H3. The summed E-state index contributed by atoms with van der Waals surface area (Å²) in [7, 11) is 3.93. The summed E-state index contributed by atoms with van der Waals surface area (Å²) in [4.78, 5) is 21.6. The van der Waals surface area contributed by atoms with Gasteiger partial charge in [0.2, 0.25) is 0 Å². The van der Waals surface area contributed by atoms with Crippen molar-refractivity contribution in [2.45, 2.75) is 19.1 Å². The fourth-order valence-electron chi connectivity index (χ4n) is 4.02. The highest BCUT2D eigenvalue weighted by Gasteiger charge is 2.26. The Labute approximate surface area is 189 Å². The van der Waals surface area contributed by atoms with Crippen molar-refractivity contribution in [2.75, 3.05) is 43.5 Å². The van der Waals surface area contributed by atoms with Crippen molar-refractivity contribution >= 4 is 17.4 Å². The van der Waals surface area contributed by atoms with E-state index >= 15 is 0 Å². The first kappa shape index (κ1) is 22.0. The molecule has 6 heteroatoms. The van der Waals surface area contributed by atoms with Crippen molar-refractivity contribution in [3.63, 3.8) is 0 Å². The fourth-order valence-corrected chi connectivity index (χ4v) is 4.02. The molecule has 6 nitrogen and oxygen atoms in total. The lowest BCUT2D eigenvalue weighted by Crippen LogP contribution is -2.33. The number of nitrogens with one attached hydrogen (secondary N) is 1. The number of ether oxygens (including phenoxy) is 1. The van der Waals surface area contributed by atoms with Crippen LogP contribution in [0.25, 0.3) is 0 Å². The molecule has 0 saturated carbocycles. The monoisotopic (exact) mass is 430 g/mol. The van der Waals surface area contributed by atoms with Gasteiger partial charge in [-0.25, -0.2) is 4.98 Å². The van der Waals surface area contributed by atoms with Crippen LogP contribution in [0.4, 0.5) is 11.5 Å². The topological polar surface area (TPSA) is 57.7 Å². The first-order valence-corrected chi connectivity index (χ1v) is 11.1. The number of rotatable bonds is 8. The number of pyridine rings is 1. The Kier molecular flexibility index (Phi) is 7.14. The van der Waals surface area contributed by atoms with Gasteiger partial charge in [0.15, 0.2) is 0 Å². The largest absolute Gasteiger partial charge is 0.369 e. The number of aromatic nitrogens is 1. The summed E-state index contributed by atoms with van der Waals surface area (Å²) < 4.78 is 6.32. The van der Waals surface area contributed by atoms with Crippen molar-refractivity contribution in [2.24, 2.45) is 0 Å². The molecule has 1 N–H and O–H groups in total. The van der Waals surface area contributed by atoms with Gasteiger partial charge in [-0.05, 0) is 55.4 Å². The van der Waals surface area contributed by atoms with Crippen LogP contribution in [0.1, 0.15) is 34.0 Å². The van der Waals surface area contributed by atoms with Crippen LogP contribution in [-0.4, -0.2) is 44.6 Å². The zero-order valence-corrected chi connectivity index (χ0v) is 18.7. The highest BCUT2D eigenvalue weighted by molar-refractivity contribution is 6.09. The zero-order valence-electron chi connectivity index (χ0n) is 18.7. The average molecular weight is 431 g/mol. The Balaban J connectivity index is 1.51. The lowest BCUT2D eigenvalue weighted by Gasteiger charge is -2.22. The van der Waals surface area contributed by atoms with E-state index in [0.29, 0.717) is 18.7 Å². The second-order valence-electron chi connectivity index (χ2n) is 8.03. The number of likely N-dealkylation sites (N-methyl/N-ethyl adjacent to an activating group) is 1. The van der Waals surface area contributed by atoms with E-state index in [1.807, 2.05) is 72.4 Å². The van der Waals surface area contributed by atoms with Gasteiger partial charge in [0.05, 0.1) is 18.3 Å². The van der Waals surface area contributed by atoms with E-state index in [0.717, 1.165) is 36.6 Å². The lowest BCUT2D eigenvalue weighted by molar-refractivity contribution is 0.0344. The SMILES string of the molecule is CNCCC(OCc1cccc(N2CCN(C)c3ncccc3C2=O)c1)c1ccccc1. The van der Waals surface area contributed by atoms with Gasteiger partial charge in [0, 0.05) is 32.0 Å². The Bertz CT molecular complexity index is 1040. The normalized spacial score (nSPS) is 14.8.